The van der Waals surface area contributed by atoms with Crippen molar-refractivity contribution >= 4 is 54.9 Å². The van der Waals surface area contributed by atoms with E-state index in [2.05, 4.69) is 26.6 Å². The molecule has 0 heterocycles. The number of benzene rings is 3. The molecule has 0 unspecified atom stereocenters. The number of amides is 1. The molecule has 0 saturated carbocycles. The number of nitrogens with zero attached hydrogens (tertiary/aromatic N) is 1. The van der Waals surface area contributed by atoms with E-state index in [0.717, 1.165) is 10.0 Å². The first-order valence-corrected chi connectivity index (χ1v) is 11.9. The van der Waals surface area contributed by atoms with Crippen molar-refractivity contribution in [3.8, 4) is 0 Å². The third kappa shape index (κ3) is 6.20. The second-order valence-electron chi connectivity index (χ2n) is 6.69. The van der Waals surface area contributed by atoms with Crippen LogP contribution in [0.1, 0.15) is 15.9 Å². The van der Waals surface area contributed by atoms with Crippen molar-refractivity contribution in [3.05, 3.63) is 94.5 Å². The van der Waals surface area contributed by atoms with Crippen molar-refractivity contribution in [2.24, 2.45) is 0 Å². The lowest BCUT2D eigenvalue weighted by Gasteiger charge is -2.17. The first-order chi connectivity index (χ1) is 14.8. The number of carbonyl (C=O) groups excluding carboxylic acids is 1. The fraction of sp³-hybridized carbons (Fsp3) is 0.0909. The Kier molecular flexibility index (Phi) is 7.55. The van der Waals surface area contributed by atoms with Crippen LogP contribution in [0.4, 0.5) is 5.69 Å². The molecule has 6 nitrogen and oxygen atoms in total. The maximum atomic E-state index is 12.8. The SMILES string of the molecule is CN(Cc1ccccc1)S(=O)(=O)c1ccc(NC(=S)NC(=O)c2ccc(Br)cc2)cc1. The zero-order valence-corrected chi connectivity index (χ0v) is 19.8. The standard InChI is InChI=1S/C22H20BrN3O3S2/c1-26(15-16-5-3-2-4-6-16)31(28,29)20-13-11-19(12-14-20)24-22(30)25-21(27)17-7-9-18(23)10-8-17/h2-14H,15H2,1H3,(H2,24,25,27,30). The summed E-state index contributed by atoms with van der Waals surface area (Å²) in [6.45, 7) is 0.273. The third-order valence-electron chi connectivity index (χ3n) is 4.40. The molecule has 0 aromatic heterocycles. The van der Waals surface area contributed by atoms with Gasteiger partial charge in [0.05, 0.1) is 4.90 Å². The number of hydrogen-bond donors (Lipinski definition) is 2. The minimum Gasteiger partial charge on any atom is -0.332 e. The lowest BCUT2D eigenvalue weighted by molar-refractivity contribution is 0.0977. The van der Waals surface area contributed by atoms with Crippen LogP contribution in [0.15, 0.2) is 88.2 Å². The van der Waals surface area contributed by atoms with Crippen molar-refractivity contribution in [2.75, 3.05) is 12.4 Å². The third-order valence-corrected chi connectivity index (χ3v) is 6.95. The van der Waals surface area contributed by atoms with Gasteiger partial charge >= 0.3 is 0 Å². The summed E-state index contributed by atoms with van der Waals surface area (Å²) in [7, 11) is -2.10. The number of carbonyl (C=O) groups is 1. The molecule has 0 radical (unpaired) electrons. The van der Waals surface area contributed by atoms with Crippen LogP contribution in [-0.2, 0) is 16.6 Å². The summed E-state index contributed by atoms with van der Waals surface area (Å²) >= 11 is 8.50. The molecule has 0 spiro atoms. The first-order valence-electron chi connectivity index (χ1n) is 9.24. The molecular weight excluding hydrogens is 498 g/mol. The number of rotatable bonds is 6. The highest BCUT2D eigenvalue weighted by atomic mass is 79.9. The van der Waals surface area contributed by atoms with Gasteiger partial charge in [-0.15, -0.1) is 0 Å². The molecule has 160 valence electrons. The molecule has 2 N–H and O–H groups in total. The minimum absolute atomic E-state index is 0.115. The first kappa shape index (κ1) is 23.1. The number of sulfonamides is 1. The van der Waals surface area contributed by atoms with Crippen LogP contribution < -0.4 is 10.6 Å². The van der Waals surface area contributed by atoms with E-state index in [-0.39, 0.29) is 22.5 Å². The summed E-state index contributed by atoms with van der Waals surface area (Å²) < 4.78 is 27.8. The molecule has 0 aliphatic heterocycles. The predicted molar refractivity (Wildman–Crippen MR) is 129 cm³/mol. The van der Waals surface area contributed by atoms with Gasteiger partial charge in [0, 0.05) is 29.3 Å². The molecule has 31 heavy (non-hydrogen) atoms. The van der Waals surface area contributed by atoms with Gasteiger partial charge in [-0.25, -0.2) is 8.42 Å². The highest BCUT2D eigenvalue weighted by Crippen LogP contribution is 2.19. The highest BCUT2D eigenvalue weighted by molar-refractivity contribution is 9.10. The molecule has 0 aliphatic carbocycles. The summed E-state index contributed by atoms with van der Waals surface area (Å²) in [5, 5.41) is 5.59. The van der Waals surface area contributed by atoms with Gasteiger partial charge in [-0.05, 0) is 66.3 Å². The lowest BCUT2D eigenvalue weighted by Crippen LogP contribution is -2.34. The summed E-state index contributed by atoms with van der Waals surface area (Å²) in [5.41, 5.74) is 1.93. The molecule has 3 aromatic rings. The van der Waals surface area contributed by atoms with Crippen LogP contribution in [0.3, 0.4) is 0 Å². The molecule has 3 rings (SSSR count). The van der Waals surface area contributed by atoms with Gasteiger partial charge in [0.15, 0.2) is 5.11 Å². The molecule has 0 saturated heterocycles. The molecule has 0 atom stereocenters. The van der Waals surface area contributed by atoms with E-state index in [1.807, 2.05) is 30.3 Å². The van der Waals surface area contributed by atoms with Crippen molar-refractivity contribution in [1.29, 1.82) is 0 Å². The Labute approximate surface area is 195 Å². The topological polar surface area (TPSA) is 78.5 Å². The molecule has 0 bridgehead atoms. The summed E-state index contributed by atoms with van der Waals surface area (Å²) in [6.07, 6.45) is 0. The average Bonchev–Trinajstić information content (AvgIpc) is 2.75. The van der Waals surface area contributed by atoms with Gasteiger partial charge in [-0.1, -0.05) is 46.3 Å². The normalized spacial score (nSPS) is 11.2. The monoisotopic (exact) mass is 517 g/mol. The second-order valence-corrected chi connectivity index (χ2v) is 10.1. The Morgan fingerprint density at radius 1 is 0.968 bits per heavy atom. The molecule has 3 aromatic carbocycles. The molecule has 1 amide bonds. The van der Waals surface area contributed by atoms with Crippen LogP contribution in [-0.4, -0.2) is 30.8 Å². The van der Waals surface area contributed by atoms with Gasteiger partial charge in [0.25, 0.3) is 5.91 Å². The van der Waals surface area contributed by atoms with E-state index in [9.17, 15) is 13.2 Å². The molecule has 0 aliphatic rings. The maximum absolute atomic E-state index is 12.8. The van der Waals surface area contributed by atoms with Crippen LogP contribution in [0.25, 0.3) is 0 Å². The van der Waals surface area contributed by atoms with Gasteiger partial charge in [-0.2, -0.15) is 4.31 Å². The number of anilines is 1. The Hall–Kier alpha value is -2.59. The zero-order chi connectivity index (χ0) is 22.4. The number of thiocarbonyl (C=S) groups is 1. The zero-order valence-electron chi connectivity index (χ0n) is 16.6. The van der Waals surface area contributed by atoms with E-state index >= 15 is 0 Å². The van der Waals surface area contributed by atoms with E-state index in [0.29, 0.717) is 11.3 Å². The molecule has 9 heteroatoms. The molecular formula is C22H20BrN3O3S2. The predicted octanol–water partition coefficient (Wildman–Crippen LogP) is 4.40. The summed E-state index contributed by atoms with van der Waals surface area (Å²) in [5.74, 6) is -0.341. The van der Waals surface area contributed by atoms with Crippen molar-refractivity contribution in [2.45, 2.75) is 11.4 Å². The number of halogens is 1. The van der Waals surface area contributed by atoms with Crippen LogP contribution >= 0.6 is 28.1 Å². The van der Waals surface area contributed by atoms with Gasteiger partial charge in [-0.3, -0.25) is 10.1 Å². The quantitative estimate of drug-likeness (QED) is 0.474. The van der Waals surface area contributed by atoms with E-state index in [1.165, 1.54) is 16.4 Å². The Morgan fingerprint density at radius 2 is 1.58 bits per heavy atom. The van der Waals surface area contributed by atoms with Crippen molar-refractivity contribution < 1.29 is 13.2 Å². The van der Waals surface area contributed by atoms with E-state index in [1.54, 1.807) is 43.4 Å². The average molecular weight is 518 g/mol. The fourth-order valence-electron chi connectivity index (χ4n) is 2.75. The molecule has 0 fully saturated rings. The maximum Gasteiger partial charge on any atom is 0.257 e. The van der Waals surface area contributed by atoms with Crippen molar-refractivity contribution in [3.63, 3.8) is 0 Å². The summed E-state index contributed by atoms with van der Waals surface area (Å²) in [4.78, 5) is 12.4. The largest absolute Gasteiger partial charge is 0.332 e. The second kappa shape index (κ2) is 10.1. The fourth-order valence-corrected chi connectivity index (χ4v) is 4.39. The minimum atomic E-state index is -3.64. The number of nitrogens with one attached hydrogen (secondary N) is 2. The Bertz CT molecular complexity index is 1170. The highest BCUT2D eigenvalue weighted by Gasteiger charge is 2.20. The van der Waals surface area contributed by atoms with Crippen LogP contribution in [0.2, 0.25) is 0 Å². The van der Waals surface area contributed by atoms with E-state index < -0.39 is 10.0 Å². The smallest absolute Gasteiger partial charge is 0.257 e. The van der Waals surface area contributed by atoms with E-state index in [4.69, 9.17) is 12.2 Å². The van der Waals surface area contributed by atoms with Gasteiger partial charge in [0.1, 0.15) is 0 Å². The Balaban J connectivity index is 1.61. The number of hydrogen-bond acceptors (Lipinski definition) is 4. The van der Waals surface area contributed by atoms with Gasteiger partial charge in [0.2, 0.25) is 10.0 Å². The van der Waals surface area contributed by atoms with Gasteiger partial charge < -0.3 is 5.32 Å². The Morgan fingerprint density at radius 3 is 2.19 bits per heavy atom. The van der Waals surface area contributed by atoms with Crippen molar-refractivity contribution in [1.82, 2.24) is 9.62 Å². The summed E-state index contributed by atoms with van der Waals surface area (Å²) in [6, 6.07) is 22.4. The van der Waals surface area contributed by atoms with Crippen LogP contribution in [0.5, 0.6) is 0 Å². The van der Waals surface area contributed by atoms with Crippen LogP contribution in [0, 0.1) is 0 Å². The lowest BCUT2D eigenvalue weighted by atomic mass is 10.2.